The summed E-state index contributed by atoms with van der Waals surface area (Å²) in [6.07, 6.45) is 2.53. The molecule has 2 aromatic rings. The molecule has 1 heterocycles. The predicted octanol–water partition coefficient (Wildman–Crippen LogP) is 3.55. The van der Waals surface area contributed by atoms with Gasteiger partial charge in [0.15, 0.2) is 6.61 Å². The molecule has 2 aromatic carbocycles. The lowest BCUT2D eigenvalue weighted by Crippen LogP contribution is -2.22. The van der Waals surface area contributed by atoms with Crippen LogP contribution in [0.25, 0.3) is 0 Å². The summed E-state index contributed by atoms with van der Waals surface area (Å²) in [7, 11) is 0. The quantitative estimate of drug-likeness (QED) is 0.707. The molecule has 0 aromatic heterocycles. The number of nitrogens with zero attached hydrogens (tertiary/aromatic N) is 1. The second kappa shape index (κ2) is 9.78. The topological polar surface area (TPSA) is 67.9 Å². The highest BCUT2D eigenvalue weighted by molar-refractivity contribution is 5.93. The number of esters is 1. The molecule has 0 bridgehead atoms. The van der Waals surface area contributed by atoms with Crippen LogP contribution < -0.4 is 15.0 Å². The van der Waals surface area contributed by atoms with Crippen molar-refractivity contribution in [2.75, 3.05) is 36.5 Å². The Morgan fingerprint density at radius 2 is 1.82 bits per heavy atom. The number of carbonyl (C=O) groups is 2. The van der Waals surface area contributed by atoms with Gasteiger partial charge in [0.1, 0.15) is 5.75 Å². The van der Waals surface area contributed by atoms with Crippen LogP contribution >= 0.6 is 0 Å². The number of para-hydroxylation sites is 1. The van der Waals surface area contributed by atoms with Gasteiger partial charge in [0, 0.05) is 24.5 Å². The van der Waals surface area contributed by atoms with E-state index in [-0.39, 0.29) is 25.5 Å². The summed E-state index contributed by atoms with van der Waals surface area (Å²) in [6.45, 7) is 4.02. The molecule has 1 aliphatic rings. The highest BCUT2D eigenvalue weighted by Crippen LogP contribution is 2.25. The van der Waals surface area contributed by atoms with Crippen LogP contribution in [-0.2, 0) is 14.3 Å². The third kappa shape index (κ3) is 5.74. The van der Waals surface area contributed by atoms with Crippen molar-refractivity contribution in [3.05, 3.63) is 54.1 Å². The van der Waals surface area contributed by atoms with Gasteiger partial charge in [-0.3, -0.25) is 9.59 Å². The molecule has 1 amide bonds. The molecule has 0 spiro atoms. The Kier molecular flexibility index (Phi) is 6.89. The Morgan fingerprint density at radius 3 is 2.54 bits per heavy atom. The highest BCUT2D eigenvalue weighted by Gasteiger charge is 2.14. The molecule has 28 heavy (non-hydrogen) atoms. The third-order valence-electron chi connectivity index (χ3n) is 4.64. The molecule has 3 rings (SSSR count). The third-order valence-corrected chi connectivity index (χ3v) is 4.64. The Hall–Kier alpha value is -3.02. The number of nitrogens with one attached hydrogen (secondary N) is 1. The molecule has 1 aliphatic heterocycles. The second-order valence-electron chi connectivity index (χ2n) is 6.81. The smallest absolute Gasteiger partial charge is 0.309 e. The molecule has 6 heteroatoms. The summed E-state index contributed by atoms with van der Waals surface area (Å²) in [5.41, 5.74) is 2.90. The Labute approximate surface area is 165 Å². The fourth-order valence-electron chi connectivity index (χ4n) is 3.13. The minimum absolute atomic E-state index is 0.0890. The summed E-state index contributed by atoms with van der Waals surface area (Å²) in [5.74, 6) is -0.123. The van der Waals surface area contributed by atoms with Crippen molar-refractivity contribution in [2.45, 2.75) is 26.2 Å². The van der Waals surface area contributed by atoms with Gasteiger partial charge in [-0.05, 0) is 55.7 Å². The van der Waals surface area contributed by atoms with Crippen molar-refractivity contribution >= 4 is 23.3 Å². The van der Waals surface area contributed by atoms with Crippen molar-refractivity contribution in [3.8, 4) is 5.75 Å². The molecular weight excluding hydrogens is 356 g/mol. The predicted molar refractivity (Wildman–Crippen MR) is 109 cm³/mol. The van der Waals surface area contributed by atoms with E-state index >= 15 is 0 Å². The first kappa shape index (κ1) is 19.7. The van der Waals surface area contributed by atoms with Gasteiger partial charge in [0.2, 0.25) is 0 Å². The van der Waals surface area contributed by atoms with Gasteiger partial charge in [-0.25, -0.2) is 0 Å². The van der Waals surface area contributed by atoms with Crippen LogP contribution in [0.2, 0.25) is 0 Å². The molecule has 0 saturated carbocycles. The van der Waals surface area contributed by atoms with Crippen LogP contribution in [-0.4, -0.2) is 38.2 Å². The van der Waals surface area contributed by atoms with E-state index < -0.39 is 5.97 Å². The van der Waals surface area contributed by atoms with E-state index in [0.29, 0.717) is 5.75 Å². The summed E-state index contributed by atoms with van der Waals surface area (Å²) in [5, 5.41) is 2.80. The van der Waals surface area contributed by atoms with E-state index in [2.05, 4.69) is 16.3 Å². The number of hydrogen-bond acceptors (Lipinski definition) is 5. The Bertz CT molecular complexity index is 801. The van der Waals surface area contributed by atoms with E-state index in [1.165, 1.54) is 18.5 Å². The first-order valence-corrected chi connectivity index (χ1v) is 9.61. The Balaban J connectivity index is 1.39. The molecule has 1 saturated heterocycles. The van der Waals surface area contributed by atoms with Gasteiger partial charge in [-0.15, -0.1) is 0 Å². The zero-order valence-electron chi connectivity index (χ0n) is 16.1. The average molecular weight is 382 g/mol. The molecule has 1 fully saturated rings. The maximum atomic E-state index is 12.1. The standard InChI is InChI=1S/C22H26N2O4/c1-17-15-18(24-12-5-6-13-24)9-10-20(17)23-21(25)16-28-22(26)11-14-27-19-7-3-2-4-8-19/h2-4,7-10,15H,5-6,11-14,16H2,1H3,(H,23,25). The maximum absolute atomic E-state index is 12.1. The molecule has 1 N–H and O–H groups in total. The fourth-order valence-corrected chi connectivity index (χ4v) is 3.13. The van der Waals surface area contributed by atoms with Crippen LogP contribution in [0.1, 0.15) is 24.8 Å². The number of amides is 1. The van der Waals surface area contributed by atoms with Gasteiger partial charge < -0.3 is 19.7 Å². The van der Waals surface area contributed by atoms with Gasteiger partial charge in [-0.1, -0.05) is 18.2 Å². The van der Waals surface area contributed by atoms with Gasteiger partial charge in [0.25, 0.3) is 5.91 Å². The zero-order valence-corrected chi connectivity index (χ0v) is 16.1. The summed E-state index contributed by atoms with van der Waals surface area (Å²) in [6, 6.07) is 15.2. The number of aryl methyl sites for hydroxylation is 1. The van der Waals surface area contributed by atoms with Crippen molar-refractivity contribution in [1.82, 2.24) is 0 Å². The summed E-state index contributed by atoms with van der Waals surface area (Å²) in [4.78, 5) is 26.2. The van der Waals surface area contributed by atoms with Crippen molar-refractivity contribution in [2.24, 2.45) is 0 Å². The molecule has 148 valence electrons. The first-order chi connectivity index (χ1) is 13.6. The van der Waals surface area contributed by atoms with E-state index in [1.54, 1.807) is 0 Å². The second-order valence-corrected chi connectivity index (χ2v) is 6.81. The lowest BCUT2D eigenvalue weighted by molar-refractivity contribution is -0.147. The fraction of sp³-hybridized carbons (Fsp3) is 0.364. The SMILES string of the molecule is Cc1cc(N2CCCC2)ccc1NC(=O)COC(=O)CCOc1ccccc1. The van der Waals surface area contributed by atoms with Crippen LogP contribution in [0.4, 0.5) is 11.4 Å². The molecular formula is C22H26N2O4. The van der Waals surface area contributed by atoms with Gasteiger partial charge >= 0.3 is 5.97 Å². The summed E-state index contributed by atoms with van der Waals surface area (Å²) >= 11 is 0. The lowest BCUT2D eigenvalue weighted by Gasteiger charge is -2.19. The minimum atomic E-state index is -0.466. The average Bonchev–Trinajstić information content (AvgIpc) is 3.24. The van der Waals surface area contributed by atoms with E-state index in [1.807, 2.05) is 49.4 Å². The van der Waals surface area contributed by atoms with Crippen LogP contribution in [0.3, 0.4) is 0 Å². The number of rotatable bonds is 8. The molecule has 0 aliphatic carbocycles. The lowest BCUT2D eigenvalue weighted by atomic mass is 10.1. The number of carbonyl (C=O) groups excluding carboxylic acids is 2. The molecule has 0 unspecified atom stereocenters. The van der Waals surface area contributed by atoms with Crippen molar-refractivity contribution < 1.29 is 19.1 Å². The maximum Gasteiger partial charge on any atom is 0.309 e. The number of hydrogen-bond donors (Lipinski definition) is 1. The van der Waals surface area contributed by atoms with Gasteiger partial charge in [0.05, 0.1) is 13.0 Å². The largest absolute Gasteiger partial charge is 0.493 e. The molecule has 6 nitrogen and oxygen atoms in total. The number of ether oxygens (including phenoxy) is 2. The van der Waals surface area contributed by atoms with E-state index in [4.69, 9.17) is 9.47 Å². The molecule has 0 atom stereocenters. The van der Waals surface area contributed by atoms with E-state index in [0.717, 1.165) is 24.3 Å². The summed E-state index contributed by atoms with van der Waals surface area (Å²) < 4.78 is 10.5. The Morgan fingerprint density at radius 1 is 1.07 bits per heavy atom. The van der Waals surface area contributed by atoms with Gasteiger partial charge in [-0.2, -0.15) is 0 Å². The van der Waals surface area contributed by atoms with Crippen LogP contribution in [0.5, 0.6) is 5.75 Å². The minimum Gasteiger partial charge on any atom is -0.493 e. The zero-order chi connectivity index (χ0) is 19.8. The number of benzene rings is 2. The van der Waals surface area contributed by atoms with Crippen LogP contribution in [0.15, 0.2) is 48.5 Å². The van der Waals surface area contributed by atoms with E-state index in [9.17, 15) is 9.59 Å². The normalized spacial score (nSPS) is 13.2. The highest BCUT2D eigenvalue weighted by atomic mass is 16.5. The first-order valence-electron chi connectivity index (χ1n) is 9.61. The van der Waals surface area contributed by atoms with Crippen molar-refractivity contribution in [3.63, 3.8) is 0 Å². The number of anilines is 2. The molecule has 0 radical (unpaired) electrons. The van der Waals surface area contributed by atoms with Crippen LogP contribution in [0, 0.1) is 6.92 Å². The monoisotopic (exact) mass is 382 g/mol. The van der Waals surface area contributed by atoms with Crippen molar-refractivity contribution in [1.29, 1.82) is 0 Å².